The SMILES string of the molecule is CN(C(=O)C1CCC(N)C1)C1CCCN(c2ccccc2)C1=O. The Bertz CT molecular complexity index is 575. The van der Waals surface area contributed by atoms with Crippen LogP contribution in [0.1, 0.15) is 32.1 Å². The molecule has 124 valence electrons. The zero-order valence-electron chi connectivity index (χ0n) is 13.6. The van der Waals surface area contributed by atoms with E-state index in [-0.39, 0.29) is 29.8 Å². The molecule has 0 bridgehead atoms. The fourth-order valence-corrected chi connectivity index (χ4v) is 3.76. The molecule has 0 aromatic heterocycles. The lowest BCUT2D eigenvalue weighted by Gasteiger charge is -2.37. The first kappa shape index (κ1) is 16.0. The van der Waals surface area contributed by atoms with Gasteiger partial charge in [0.15, 0.2) is 0 Å². The van der Waals surface area contributed by atoms with E-state index in [0.717, 1.165) is 44.3 Å². The van der Waals surface area contributed by atoms with Crippen molar-refractivity contribution in [2.45, 2.75) is 44.2 Å². The van der Waals surface area contributed by atoms with Gasteiger partial charge in [-0.15, -0.1) is 0 Å². The van der Waals surface area contributed by atoms with Crippen LogP contribution >= 0.6 is 0 Å². The summed E-state index contributed by atoms with van der Waals surface area (Å²) in [5, 5.41) is 0. The van der Waals surface area contributed by atoms with Crippen molar-refractivity contribution in [2.75, 3.05) is 18.5 Å². The van der Waals surface area contributed by atoms with Crippen LogP contribution in [0.3, 0.4) is 0 Å². The average molecular weight is 315 g/mol. The molecule has 23 heavy (non-hydrogen) atoms. The molecule has 3 rings (SSSR count). The third-order valence-electron chi connectivity index (χ3n) is 5.12. The predicted octanol–water partition coefficient (Wildman–Crippen LogP) is 1.77. The summed E-state index contributed by atoms with van der Waals surface area (Å²) in [5.41, 5.74) is 6.83. The standard InChI is InChI=1S/C18H25N3O2/c1-20(17(22)13-9-10-14(19)12-13)16-8-5-11-21(18(16)23)15-6-3-2-4-7-15/h2-4,6-7,13-14,16H,5,8-12,19H2,1H3. The minimum atomic E-state index is -0.353. The Morgan fingerprint density at radius 3 is 2.61 bits per heavy atom. The van der Waals surface area contributed by atoms with Gasteiger partial charge in [0.2, 0.25) is 11.8 Å². The van der Waals surface area contributed by atoms with Gasteiger partial charge in [0.25, 0.3) is 0 Å². The second-order valence-electron chi connectivity index (χ2n) is 6.70. The average Bonchev–Trinajstić information content (AvgIpc) is 3.01. The Kier molecular flexibility index (Phi) is 4.66. The highest BCUT2D eigenvalue weighted by molar-refractivity contribution is 6.00. The van der Waals surface area contributed by atoms with Crippen molar-refractivity contribution >= 4 is 17.5 Å². The van der Waals surface area contributed by atoms with Gasteiger partial charge in [0, 0.05) is 31.2 Å². The summed E-state index contributed by atoms with van der Waals surface area (Å²) in [6.07, 6.45) is 4.13. The number of carbonyl (C=O) groups is 2. The van der Waals surface area contributed by atoms with Crippen LogP contribution in [0.15, 0.2) is 30.3 Å². The van der Waals surface area contributed by atoms with Gasteiger partial charge in [0.05, 0.1) is 0 Å². The summed E-state index contributed by atoms with van der Waals surface area (Å²) < 4.78 is 0. The van der Waals surface area contributed by atoms with Crippen LogP contribution in [0.25, 0.3) is 0 Å². The zero-order valence-corrected chi connectivity index (χ0v) is 13.6. The topological polar surface area (TPSA) is 66.6 Å². The van der Waals surface area contributed by atoms with Crippen LogP contribution in [-0.4, -0.2) is 42.4 Å². The molecule has 1 heterocycles. The van der Waals surface area contributed by atoms with E-state index in [1.165, 1.54) is 0 Å². The number of piperidine rings is 1. The lowest BCUT2D eigenvalue weighted by molar-refractivity contribution is -0.142. The predicted molar refractivity (Wildman–Crippen MR) is 89.9 cm³/mol. The van der Waals surface area contributed by atoms with Crippen molar-refractivity contribution in [2.24, 2.45) is 11.7 Å². The third-order valence-corrected chi connectivity index (χ3v) is 5.12. The van der Waals surface area contributed by atoms with E-state index in [4.69, 9.17) is 5.73 Å². The highest BCUT2D eigenvalue weighted by Gasteiger charge is 2.38. The van der Waals surface area contributed by atoms with E-state index >= 15 is 0 Å². The smallest absolute Gasteiger partial charge is 0.249 e. The minimum absolute atomic E-state index is 0.0186. The van der Waals surface area contributed by atoms with Gasteiger partial charge in [-0.1, -0.05) is 18.2 Å². The summed E-state index contributed by atoms with van der Waals surface area (Å²) in [7, 11) is 1.77. The summed E-state index contributed by atoms with van der Waals surface area (Å²) in [4.78, 5) is 29.0. The molecule has 2 N–H and O–H groups in total. The molecule has 2 amide bonds. The lowest BCUT2D eigenvalue weighted by Crippen LogP contribution is -2.54. The molecule has 2 fully saturated rings. The van der Waals surface area contributed by atoms with Crippen LogP contribution < -0.4 is 10.6 Å². The first-order chi connectivity index (χ1) is 11.1. The van der Waals surface area contributed by atoms with E-state index in [1.807, 2.05) is 30.3 Å². The van der Waals surface area contributed by atoms with E-state index < -0.39 is 0 Å². The van der Waals surface area contributed by atoms with Crippen molar-refractivity contribution in [1.82, 2.24) is 4.90 Å². The van der Waals surface area contributed by atoms with E-state index in [2.05, 4.69) is 0 Å². The largest absolute Gasteiger partial charge is 0.333 e. The number of anilines is 1. The maximum Gasteiger partial charge on any atom is 0.249 e. The normalized spacial score (nSPS) is 28.0. The fraction of sp³-hybridized carbons (Fsp3) is 0.556. The quantitative estimate of drug-likeness (QED) is 0.924. The molecule has 2 aliphatic rings. The molecule has 3 atom stereocenters. The summed E-state index contributed by atoms with van der Waals surface area (Å²) in [5.74, 6) is 0.0849. The van der Waals surface area contributed by atoms with Crippen molar-refractivity contribution < 1.29 is 9.59 Å². The first-order valence-electron chi connectivity index (χ1n) is 8.46. The van der Waals surface area contributed by atoms with Gasteiger partial charge >= 0.3 is 0 Å². The Morgan fingerprint density at radius 1 is 1.22 bits per heavy atom. The van der Waals surface area contributed by atoms with Crippen LogP contribution in [0.2, 0.25) is 0 Å². The van der Waals surface area contributed by atoms with Gasteiger partial charge in [-0.05, 0) is 44.2 Å². The zero-order chi connectivity index (χ0) is 16.4. The molecule has 1 saturated heterocycles. The van der Waals surface area contributed by atoms with Gasteiger partial charge in [0.1, 0.15) is 6.04 Å². The summed E-state index contributed by atoms with van der Waals surface area (Å²) >= 11 is 0. The molecule has 1 aromatic rings. The maximum absolute atomic E-state index is 12.9. The number of nitrogens with two attached hydrogens (primary N) is 1. The number of hydrogen-bond donors (Lipinski definition) is 1. The van der Waals surface area contributed by atoms with E-state index in [9.17, 15) is 9.59 Å². The van der Waals surface area contributed by atoms with Crippen LogP contribution in [-0.2, 0) is 9.59 Å². The van der Waals surface area contributed by atoms with Gasteiger partial charge < -0.3 is 15.5 Å². The highest BCUT2D eigenvalue weighted by atomic mass is 16.2. The molecule has 1 aliphatic heterocycles. The van der Waals surface area contributed by atoms with Gasteiger partial charge in [-0.25, -0.2) is 0 Å². The number of rotatable bonds is 3. The van der Waals surface area contributed by atoms with E-state index in [1.54, 1.807) is 16.8 Å². The molecule has 1 aliphatic carbocycles. The molecule has 3 unspecified atom stereocenters. The minimum Gasteiger partial charge on any atom is -0.333 e. The Balaban J connectivity index is 1.71. The molecule has 0 spiro atoms. The molecule has 1 saturated carbocycles. The molecular formula is C18H25N3O2. The number of benzene rings is 1. The molecular weight excluding hydrogens is 290 g/mol. The van der Waals surface area contributed by atoms with Gasteiger partial charge in [-0.3, -0.25) is 9.59 Å². The maximum atomic E-state index is 12.9. The van der Waals surface area contributed by atoms with Crippen LogP contribution in [0.5, 0.6) is 0 Å². The number of hydrogen-bond acceptors (Lipinski definition) is 3. The van der Waals surface area contributed by atoms with Crippen molar-refractivity contribution in [1.29, 1.82) is 0 Å². The second kappa shape index (κ2) is 6.71. The monoisotopic (exact) mass is 315 g/mol. The molecule has 0 radical (unpaired) electrons. The van der Waals surface area contributed by atoms with Crippen molar-refractivity contribution in [3.63, 3.8) is 0 Å². The number of amides is 2. The Hall–Kier alpha value is -1.88. The third kappa shape index (κ3) is 3.24. The first-order valence-corrected chi connectivity index (χ1v) is 8.46. The van der Waals surface area contributed by atoms with Crippen LogP contribution in [0.4, 0.5) is 5.69 Å². The highest BCUT2D eigenvalue weighted by Crippen LogP contribution is 2.29. The molecule has 1 aromatic carbocycles. The lowest BCUT2D eigenvalue weighted by atomic mass is 9.99. The fourth-order valence-electron chi connectivity index (χ4n) is 3.76. The van der Waals surface area contributed by atoms with Crippen molar-refractivity contribution in [3.8, 4) is 0 Å². The second-order valence-corrected chi connectivity index (χ2v) is 6.70. The summed E-state index contributed by atoms with van der Waals surface area (Å²) in [6, 6.07) is 9.46. The number of nitrogens with zero attached hydrogens (tertiary/aromatic N) is 2. The van der Waals surface area contributed by atoms with Crippen molar-refractivity contribution in [3.05, 3.63) is 30.3 Å². The van der Waals surface area contributed by atoms with E-state index in [0.29, 0.717) is 0 Å². The number of carbonyl (C=O) groups excluding carboxylic acids is 2. The number of para-hydroxylation sites is 1. The molecule has 5 nitrogen and oxygen atoms in total. The van der Waals surface area contributed by atoms with Crippen LogP contribution in [0, 0.1) is 5.92 Å². The summed E-state index contributed by atoms with van der Waals surface area (Å²) in [6.45, 7) is 0.718. The Labute approximate surface area is 137 Å². The number of likely N-dealkylation sites (N-methyl/N-ethyl adjacent to an activating group) is 1. The Morgan fingerprint density at radius 2 is 1.96 bits per heavy atom. The molecule has 5 heteroatoms. The van der Waals surface area contributed by atoms with Gasteiger partial charge in [-0.2, -0.15) is 0 Å².